The molecule has 2 aromatic carbocycles. The van der Waals surface area contributed by atoms with Gasteiger partial charge in [-0.25, -0.2) is 0 Å². The standard InChI is InChI=1S/C18H22ClNS/c1-4-17(20)18(14-6-8-15(19)9-7-14)21-16-10-5-12(2)13(3)11-16/h5-11,17-18H,4,20H2,1-3H3. The predicted octanol–water partition coefficient (Wildman–Crippen LogP) is 5.53. The van der Waals surface area contributed by atoms with Crippen LogP contribution < -0.4 is 5.73 Å². The molecule has 0 bridgehead atoms. The summed E-state index contributed by atoms with van der Waals surface area (Å²) in [5, 5.41) is 1.01. The molecule has 0 spiro atoms. The highest BCUT2D eigenvalue weighted by molar-refractivity contribution is 7.99. The van der Waals surface area contributed by atoms with Crippen LogP contribution in [0.1, 0.15) is 35.3 Å². The van der Waals surface area contributed by atoms with E-state index in [0.717, 1.165) is 11.4 Å². The van der Waals surface area contributed by atoms with Crippen LogP contribution in [0.25, 0.3) is 0 Å². The van der Waals surface area contributed by atoms with Gasteiger partial charge in [0.2, 0.25) is 0 Å². The average molecular weight is 320 g/mol. The summed E-state index contributed by atoms with van der Waals surface area (Å²) < 4.78 is 0. The Hall–Kier alpha value is -0.960. The van der Waals surface area contributed by atoms with E-state index < -0.39 is 0 Å². The lowest BCUT2D eigenvalue weighted by molar-refractivity contribution is 0.634. The molecule has 0 saturated heterocycles. The Morgan fingerprint density at radius 2 is 1.71 bits per heavy atom. The van der Waals surface area contributed by atoms with Gasteiger partial charge in [-0.15, -0.1) is 11.8 Å². The van der Waals surface area contributed by atoms with Gasteiger partial charge in [-0.3, -0.25) is 0 Å². The summed E-state index contributed by atoms with van der Waals surface area (Å²) in [6.45, 7) is 6.42. The van der Waals surface area contributed by atoms with Gasteiger partial charge in [0.25, 0.3) is 0 Å². The lowest BCUT2D eigenvalue weighted by Gasteiger charge is -2.23. The van der Waals surface area contributed by atoms with Crippen molar-refractivity contribution < 1.29 is 0 Å². The van der Waals surface area contributed by atoms with Gasteiger partial charge >= 0.3 is 0 Å². The number of hydrogen-bond acceptors (Lipinski definition) is 2. The molecule has 0 aliphatic rings. The van der Waals surface area contributed by atoms with Gasteiger partial charge in [-0.1, -0.05) is 36.7 Å². The van der Waals surface area contributed by atoms with Crippen molar-refractivity contribution in [2.45, 2.75) is 43.4 Å². The zero-order valence-corrected chi connectivity index (χ0v) is 14.3. The first-order valence-corrected chi connectivity index (χ1v) is 8.52. The minimum absolute atomic E-state index is 0.123. The van der Waals surface area contributed by atoms with E-state index in [1.807, 2.05) is 23.9 Å². The molecule has 2 aromatic rings. The van der Waals surface area contributed by atoms with Crippen LogP contribution in [0.5, 0.6) is 0 Å². The third-order valence-electron chi connectivity index (χ3n) is 3.80. The van der Waals surface area contributed by atoms with Gasteiger partial charge in [-0.2, -0.15) is 0 Å². The summed E-state index contributed by atoms with van der Waals surface area (Å²) in [6.07, 6.45) is 0.950. The van der Waals surface area contributed by atoms with E-state index in [1.165, 1.54) is 21.6 Å². The number of halogens is 1. The third-order valence-corrected chi connectivity index (χ3v) is 5.45. The summed E-state index contributed by atoms with van der Waals surface area (Å²) in [7, 11) is 0. The molecule has 0 amide bonds. The first kappa shape index (κ1) is 16.4. The summed E-state index contributed by atoms with van der Waals surface area (Å²) in [6, 6.07) is 14.8. The number of benzene rings is 2. The van der Waals surface area contributed by atoms with Crippen molar-refractivity contribution in [3.8, 4) is 0 Å². The monoisotopic (exact) mass is 319 g/mol. The highest BCUT2D eigenvalue weighted by Gasteiger charge is 2.20. The zero-order chi connectivity index (χ0) is 15.4. The van der Waals surface area contributed by atoms with E-state index in [1.54, 1.807) is 0 Å². The highest BCUT2D eigenvalue weighted by Crippen LogP contribution is 2.38. The number of nitrogens with two attached hydrogens (primary N) is 1. The normalized spacial score (nSPS) is 14.0. The molecule has 0 radical (unpaired) electrons. The molecule has 0 heterocycles. The molecule has 0 aromatic heterocycles. The molecule has 0 fully saturated rings. The molecule has 2 rings (SSSR count). The minimum Gasteiger partial charge on any atom is -0.326 e. The Morgan fingerprint density at radius 3 is 2.29 bits per heavy atom. The quantitative estimate of drug-likeness (QED) is 0.733. The van der Waals surface area contributed by atoms with Crippen molar-refractivity contribution in [2.24, 2.45) is 5.73 Å². The number of hydrogen-bond donors (Lipinski definition) is 1. The second-order valence-corrected chi connectivity index (χ2v) is 7.06. The van der Waals surface area contributed by atoms with Gasteiger partial charge in [0.1, 0.15) is 0 Å². The maximum atomic E-state index is 6.35. The number of thioether (sulfide) groups is 1. The van der Waals surface area contributed by atoms with Crippen molar-refractivity contribution in [1.82, 2.24) is 0 Å². The van der Waals surface area contributed by atoms with E-state index in [2.05, 4.69) is 51.1 Å². The molecule has 1 nitrogen and oxygen atoms in total. The molecular weight excluding hydrogens is 298 g/mol. The topological polar surface area (TPSA) is 26.0 Å². The molecule has 2 atom stereocenters. The van der Waals surface area contributed by atoms with Crippen LogP contribution in [0.2, 0.25) is 5.02 Å². The molecule has 3 heteroatoms. The first-order chi connectivity index (χ1) is 10.0. The molecule has 0 saturated carbocycles. The van der Waals surface area contributed by atoms with E-state index in [-0.39, 0.29) is 11.3 Å². The second-order valence-electron chi connectivity index (χ2n) is 5.41. The van der Waals surface area contributed by atoms with Crippen molar-refractivity contribution in [2.75, 3.05) is 0 Å². The Bertz CT molecular complexity index is 595. The summed E-state index contributed by atoms with van der Waals surface area (Å²) >= 11 is 7.83. The molecular formula is C18H22ClNS. The molecule has 2 unspecified atom stereocenters. The van der Waals surface area contributed by atoms with Crippen LogP contribution in [0, 0.1) is 13.8 Å². The van der Waals surface area contributed by atoms with Crippen LogP contribution in [0.3, 0.4) is 0 Å². The van der Waals surface area contributed by atoms with Crippen molar-refractivity contribution in [3.63, 3.8) is 0 Å². The smallest absolute Gasteiger partial charge is 0.0495 e. The predicted molar refractivity (Wildman–Crippen MR) is 94.2 cm³/mol. The van der Waals surface area contributed by atoms with Crippen LogP contribution in [-0.4, -0.2) is 6.04 Å². The maximum Gasteiger partial charge on any atom is 0.0495 e. The summed E-state index contributed by atoms with van der Waals surface area (Å²) in [5.74, 6) is 0. The van der Waals surface area contributed by atoms with Crippen molar-refractivity contribution in [1.29, 1.82) is 0 Å². The van der Waals surface area contributed by atoms with Gasteiger partial charge in [0.05, 0.1) is 0 Å². The lowest BCUT2D eigenvalue weighted by Crippen LogP contribution is -2.25. The van der Waals surface area contributed by atoms with Crippen LogP contribution in [0.15, 0.2) is 47.4 Å². The fourth-order valence-corrected chi connectivity index (χ4v) is 3.67. The fraction of sp³-hybridized carbons (Fsp3) is 0.333. The van der Waals surface area contributed by atoms with E-state index in [0.29, 0.717) is 0 Å². The minimum atomic E-state index is 0.123. The lowest BCUT2D eigenvalue weighted by atomic mass is 10.0. The zero-order valence-electron chi connectivity index (χ0n) is 12.8. The summed E-state index contributed by atoms with van der Waals surface area (Å²) in [4.78, 5) is 1.27. The van der Waals surface area contributed by atoms with E-state index >= 15 is 0 Å². The Morgan fingerprint density at radius 1 is 1.05 bits per heavy atom. The largest absolute Gasteiger partial charge is 0.326 e. The third kappa shape index (κ3) is 4.26. The Labute approximate surface area is 136 Å². The van der Waals surface area contributed by atoms with Crippen LogP contribution >= 0.6 is 23.4 Å². The second kappa shape index (κ2) is 7.35. The molecule has 2 N–H and O–H groups in total. The Balaban J connectivity index is 2.28. The van der Waals surface area contributed by atoms with Crippen molar-refractivity contribution >= 4 is 23.4 Å². The SMILES string of the molecule is CCC(N)C(Sc1ccc(C)c(C)c1)c1ccc(Cl)cc1. The molecule has 0 aliphatic carbocycles. The average Bonchev–Trinajstić information content (AvgIpc) is 2.48. The number of aryl methyl sites for hydroxylation is 2. The van der Waals surface area contributed by atoms with Gasteiger partial charge < -0.3 is 5.73 Å². The number of rotatable bonds is 5. The summed E-state index contributed by atoms with van der Waals surface area (Å²) in [5.41, 5.74) is 10.2. The molecule has 21 heavy (non-hydrogen) atoms. The van der Waals surface area contributed by atoms with Gasteiger partial charge in [0, 0.05) is 21.2 Å². The van der Waals surface area contributed by atoms with E-state index in [9.17, 15) is 0 Å². The van der Waals surface area contributed by atoms with E-state index in [4.69, 9.17) is 17.3 Å². The van der Waals surface area contributed by atoms with Crippen molar-refractivity contribution in [3.05, 3.63) is 64.2 Å². The van der Waals surface area contributed by atoms with Crippen LogP contribution in [0.4, 0.5) is 0 Å². The van der Waals surface area contributed by atoms with Gasteiger partial charge in [0.15, 0.2) is 0 Å². The highest BCUT2D eigenvalue weighted by atomic mass is 35.5. The Kier molecular flexibility index (Phi) is 5.74. The fourth-order valence-electron chi connectivity index (χ4n) is 2.20. The first-order valence-electron chi connectivity index (χ1n) is 7.26. The molecule has 0 aliphatic heterocycles. The van der Waals surface area contributed by atoms with Crippen LogP contribution in [-0.2, 0) is 0 Å². The molecule has 112 valence electrons. The van der Waals surface area contributed by atoms with Gasteiger partial charge in [-0.05, 0) is 61.2 Å². The maximum absolute atomic E-state index is 6.35.